The Labute approximate surface area is 192 Å². The van der Waals surface area contributed by atoms with Gasteiger partial charge < -0.3 is 10.2 Å². The van der Waals surface area contributed by atoms with Crippen LogP contribution in [-0.2, 0) is 4.79 Å². The van der Waals surface area contributed by atoms with E-state index in [0.29, 0.717) is 17.7 Å². The molecule has 0 spiro atoms. The van der Waals surface area contributed by atoms with Gasteiger partial charge in [-0.15, -0.1) is 0 Å². The number of halogens is 1. The molecule has 0 heterocycles. The van der Waals surface area contributed by atoms with Crippen molar-refractivity contribution in [3.63, 3.8) is 0 Å². The monoisotopic (exact) mass is 518 g/mol. The largest absolute Gasteiger partial charge is 0.345 e. The van der Waals surface area contributed by atoms with Gasteiger partial charge in [0, 0.05) is 47.6 Å². The first kappa shape index (κ1) is 24.9. The minimum Gasteiger partial charge on any atom is -0.345 e. The fraction of sp³-hybridized carbons (Fsp3) is 0.917. The van der Waals surface area contributed by atoms with E-state index in [4.69, 9.17) is 0 Å². The fourth-order valence-electron chi connectivity index (χ4n) is 5.58. The number of amides is 2. The topological polar surface area (TPSA) is 49.4 Å². The summed E-state index contributed by atoms with van der Waals surface area (Å²) in [6.07, 6.45) is 14.7. The van der Waals surface area contributed by atoms with E-state index in [1.807, 2.05) is 22.6 Å². The van der Waals surface area contributed by atoms with Gasteiger partial charge in [0.2, 0.25) is 5.91 Å². The Kier molecular flexibility index (Phi) is 11.3. The van der Waals surface area contributed by atoms with Gasteiger partial charge in [0.05, 0.1) is 0 Å². The molecule has 2 saturated carbocycles. The molecule has 168 valence electrons. The lowest BCUT2D eigenvalue weighted by atomic mass is 9.85. The molecule has 2 aliphatic rings. The SMILES string of the molecule is CCN(CC(C)C1CCCCCCCC1)C(=O)C1CCC(NC(=O)I)CC(C)C1. The van der Waals surface area contributed by atoms with Crippen molar-refractivity contribution in [3.05, 3.63) is 0 Å². The second kappa shape index (κ2) is 13.2. The number of hydrogen-bond donors (Lipinski definition) is 1. The van der Waals surface area contributed by atoms with Crippen molar-refractivity contribution >= 4 is 32.4 Å². The van der Waals surface area contributed by atoms with Crippen LogP contribution in [0.25, 0.3) is 0 Å². The Hall–Kier alpha value is -0.330. The summed E-state index contributed by atoms with van der Waals surface area (Å²) >= 11 is 1.82. The third-order valence-electron chi connectivity index (χ3n) is 7.31. The highest BCUT2D eigenvalue weighted by molar-refractivity contribution is 14.1. The van der Waals surface area contributed by atoms with Crippen LogP contribution in [0, 0.1) is 23.7 Å². The van der Waals surface area contributed by atoms with Crippen molar-refractivity contribution < 1.29 is 9.59 Å². The van der Waals surface area contributed by atoms with E-state index in [1.165, 1.54) is 51.4 Å². The van der Waals surface area contributed by atoms with Gasteiger partial charge in [0.25, 0.3) is 3.91 Å². The molecule has 2 amide bonds. The van der Waals surface area contributed by atoms with Crippen molar-refractivity contribution in [3.8, 4) is 0 Å². The molecule has 4 unspecified atom stereocenters. The smallest absolute Gasteiger partial charge is 0.280 e. The number of nitrogens with zero attached hydrogens (tertiary/aromatic N) is 1. The maximum Gasteiger partial charge on any atom is 0.280 e. The summed E-state index contributed by atoms with van der Waals surface area (Å²) in [6.45, 7) is 8.47. The average Bonchev–Trinajstić information content (AvgIpc) is 2.77. The molecule has 4 nitrogen and oxygen atoms in total. The van der Waals surface area contributed by atoms with Gasteiger partial charge in [-0.3, -0.25) is 9.59 Å². The molecule has 0 saturated heterocycles. The second-order valence-electron chi connectivity index (χ2n) is 9.78. The average molecular weight is 519 g/mol. The van der Waals surface area contributed by atoms with Crippen molar-refractivity contribution in [2.24, 2.45) is 23.7 Å². The van der Waals surface area contributed by atoms with Crippen molar-refractivity contribution in [2.45, 2.75) is 104 Å². The third-order valence-corrected chi connectivity index (χ3v) is 7.62. The van der Waals surface area contributed by atoms with Crippen LogP contribution in [0.1, 0.15) is 97.8 Å². The van der Waals surface area contributed by atoms with Crippen LogP contribution in [0.2, 0.25) is 0 Å². The van der Waals surface area contributed by atoms with E-state index >= 15 is 0 Å². The zero-order valence-corrected chi connectivity index (χ0v) is 21.1. The lowest BCUT2D eigenvalue weighted by Gasteiger charge is -2.32. The lowest BCUT2D eigenvalue weighted by Crippen LogP contribution is -2.40. The van der Waals surface area contributed by atoms with Crippen LogP contribution in [0.3, 0.4) is 0 Å². The van der Waals surface area contributed by atoms with Crippen LogP contribution < -0.4 is 5.32 Å². The Morgan fingerprint density at radius 2 is 1.62 bits per heavy atom. The van der Waals surface area contributed by atoms with Gasteiger partial charge in [-0.05, 0) is 50.4 Å². The highest BCUT2D eigenvalue weighted by atomic mass is 127. The molecule has 2 rings (SSSR count). The van der Waals surface area contributed by atoms with Gasteiger partial charge >= 0.3 is 0 Å². The predicted octanol–water partition coefficient (Wildman–Crippen LogP) is 6.56. The molecular formula is C24H43IN2O2. The van der Waals surface area contributed by atoms with E-state index in [2.05, 4.69) is 31.0 Å². The minimum atomic E-state index is 0.0172. The van der Waals surface area contributed by atoms with Gasteiger partial charge in [-0.2, -0.15) is 0 Å². The molecule has 1 N–H and O–H groups in total. The molecule has 2 fully saturated rings. The molecule has 0 radical (unpaired) electrons. The molecule has 4 atom stereocenters. The molecule has 0 aliphatic heterocycles. The summed E-state index contributed by atoms with van der Waals surface area (Å²) in [4.78, 5) is 27.0. The summed E-state index contributed by atoms with van der Waals surface area (Å²) in [5.41, 5.74) is 0. The zero-order valence-electron chi connectivity index (χ0n) is 18.9. The first-order valence-electron chi connectivity index (χ1n) is 12.2. The van der Waals surface area contributed by atoms with Crippen molar-refractivity contribution in [1.82, 2.24) is 10.2 Å². The van der Waals surface area contributed by atoms with Crippen LogP contribution in [0.15, 0.2) is 0 Å². The number of nitrogens with one attached hydrogen (secondary N) is 1. The highest BCUT2D eigenvalue weighted by Crippen LogP contribution is 2.31. The summed E-state index contributed by atoms with van der Waals surface area (Å²) in [6, 6.07) is 0.222. The van der Waals surface area contributed by atoms with Gasteiger partial charge in [-0.1, -0.05) is 65.2 Å². The van der Waals surface area contributed by atoms with E-state index < -0.39 is 0 Å². The summed E-state index contributed by atoms with van der Waals surface area (Å²) in [5, 5.41) is 3.07. The maximum absolute atomic E-state index is 13.4. The Bertz CT molecular complexity index is 503. The molecule has 0 aromatic heterocycles. The Balaban J connectivity index is 1.93. The van der Waals surface area contributed by atoms with E-state index in [-0.39, 0.29) is 15.9 Å². The van der Waals surface area contributed by atoms with Crippen LogP contribution in [0.5, 0.6) is 0 Å². The van der Waals surface area contributed by atoms with Crippen LogP contribution >= 0.6 is 22.6 Å². The van der Waals surface area contributed by atoms with Crippen LogP contribution in [-0.4, -0.2) is 33.9 Å². The summed E-state index contributed by atoms with van der Waals surface area (Å²) < 4.78 is 0.0172. The highest BCUT2D eigenvalue weighted by Gasteiger charge is 2.31. The van der Waals surface area contributed by atoms with E-state index in [1.54, 1.807) is 0 Å². The number of carbonyl (C=O) groups excluding carboxylic acids is 2. The van der Waals surface area contributed by atoms with Crippen LogP contribution in [0.4, 0.5) is 4.79 Å². The Morgan fingerprint density at radius 1 is 1.00 bits per heavy atom. The standard InChI is InChI=1S/C24H43IN2O2/c1-4-27(17-19(3)20-11-9-7-5-6-8-10-12-20)23(28)21-13-14-22(26-24(25)29)16-18(2)15-21/h18-22H,4-17H2,1-3H3,(H,26,29). The first-order chi connectivity index (χ1) is 13.9. The van der Waals surface area contributed by atoms with Crippen molar-refractivity contribution in [2.75, 3.05) is 13.1 Å². The predicted molar refractivity (Wildman–Crippen MR) is 129 cm³/mol. The van der Waals surface area contributed by atoms with Gasteiger partial charge in [-0.25, -0.2) is 0 Å². The van der Waals surface area contributed by atoms with Gasteiger partial charge in [0.15, 0.2) is 0 Å². The summed E-state index contributed by atoms with van der Waals surface area (Å²) in [5.74, 6) is 2.31. The number of rotatable bonds is 6. The molecule has 5 heteroatoms. The van der Waals surface area contributed by atoms with E-state index in [0.717, 1.165) is 44.7 Å². The van der Waals surface area contributed by atoms with Gasteiger partial charge in [0.1, 0.15) is 0 Å². The quantitative estimate of drug-likeness (QED) is 0.187. The molecule has 0 bridgehead atoms. The fourth-order valence-corrected chi connectivity index (χ4v) is 6.03. The molecule has 0 aromatic carbocycles. The first-order valence-corrected chi connectivity index (χ1v) is 13.2. The number of hydrogen-bond acceptors (Lipinski definition) is 2. The third kappa shape index (κ3) is 8.74. The normalized spacial score (nSPS) is 28.3. The lowest BCUT2D eigenvalue weighted by molar-refractivity contribution is -0.137. The number of carbonyl (C=O) groups is 2. The zero-order chi connectivity index (χ0) is 21.2. The molecular weight excluding hydrogens is 475 g/mol. The maximum atomic E-state index is 13.4. The van der Waals surface area contributed by atoms with Crippen molar-refractivity contribution in [1.29, 1.82) is 0 Å². The minimum absolute atomic E-state index is 0.0172. The van der Waals surface area contributed by atoms with E-state index in [9.17, 15) is 9.59 Å². The molecule has 0 aromatic rings. The Morgan fingerprint density at radius 3 is 2.21 bits per heavy atom. The molecule has 2 aliphatic carbocycles. The second-order valence-corrected chi connectivity index (χ2v) is 10.8. The molecule has 29 heavy (non-hydrogen) atoms. The summed E-state index contributed by atoms with van der Waals surface area (Å²) in [7, 11) is 0.